The number of hydrogen-bond donors (Lipinski definition) is 1. The van der Waals surface area contributed by atoms with E-state index in [1.807, 2.05) is 37.3 Å². The minimum Gasteiger partial charge on any atom is -0.496 e. The topological polar surface area (TPSA) is 60.7 Å². The van der Waals surface area contributed by atoms with E-state index in [1.54, 1.807) is 26.4 Å². The SMILES string of the molecule is CCOc1cc2occ(-c3ccccc3OC)c2cc1/C(C)=C/C(=O)Nc1cccc(C(F)(F)F)c1. The molecule has 0 unspecified atom stereocenters. The normalized spacial score (nSPS) is 12.0. The zero-order valence-corrected chi connectivity index (χ0v) is 19.9. The number of nitrogens with one attached hydrogen (secondary N) is 1. The highest BCUT2D eigenvalue weighted by Gasteiger charge is 2.30. The van der Waals surface area contributed by atoms with Gasteiger partial charge >= 0.3 is 6.18 Å². The van der Waals surface area contributed by atoms with Gasteiger partial charge in [-0.15, -0.1) is 0 Å². The van der Waals surface area contributed by atoms with Crippen molar-refractivity contribution in [1.82, 2.24) is 0 Å². The average molecular weight is 495 g/mol. The van der Waals surface area contributed by atoms with Gasteiger partial charge in [-0.1, -0.05) is 24.3 Å². The van der Waals surface area contributed by atoms with Gasteiger partial charge in [-0.05, 0) is 49.8 Å². The predicted octanol–water partition coefficient (Wildman–Crippen LogP) is 7.57. The molecule has 5 nitrogen and oxygen atoms in total. The number of carbonyl (C=O) groups is 1. The van der Waals surface area contributed by atoms with Gasteiger partial charge in [0.25, 0.3) is 0 Å². The molecule has 0 radical (unpaired) electrons. The second-order valence-electron chi connectivity index (χ2n) is 8.02. The highest BCUT2D eigenvalue weighted by atomic mass is 19.4. The number of rotatable bonds is 7. The Bertz CT molecular complexity index is 1440. The Morgan fingerprint density at radius 1 is 1.03 bits per heavy atom. The molecule has 36 heavy (non-hydrogen) atoms. The van der Waals surface area contributed by atoms with Gasteiger partial charge in [-0.2, -0.15) is 13.2 Å². The fraction of sp³-hybridized carbons (Fsp3) is 0.179. The van der Waals surface area contributed by atoms with E-state index in [1.165, 1.54) is 18.2 Å². The van der Waals surface area contributed by atoms with Crippen LogP contribution < -0.4 is 14.8 Å². The first-order valence-electron chi connectivity index (χ1n) is 11.2. The number of benzene rings is 3. The average Bonchev–Trinajstić information content (AvgIpc) is 3.26. The van der Waals surface area contributed by atoms with Crippen LogP contribution in [0.4, 0.5) is 18.9 Å². The fourth-order valence-corrected chi connectivity index (χ4v) is 3.94. The van der Waals surface area contributed by atoms with Crippen LogP contribution in [0.25, 0.3) is 27.7 Å². The van der Waals surface area contributed by atoms with Crippen LogP contribution in [0.15, 0.2) is 77.4 Å². The summed E-state index contributed by atoms with van der Waals surface area (Å²) in [7, 11) is 1.59. The van der Waals surface area contributed by atoms with Crippen molar-refractivity contribution in [3.8, 4) is 22.6 Å². The monoisotopic (exact) mass is 495 g/mol. The first kappa shape index (κ1) is 24.9. The molecule has 4 aromatic rings. The maximum atomic E-state index is 13.0. The molecule has 0 fully saturated rings. The van der Waals surface area contributed by atoms with Crippen molar-refractivity contribution in [1.29, 1.82) is 0 Å². The van der Waals surface area contributed by atoms with Crippen molar-refractivity contribution in [2.24, 2.45) is 0 Å². The van der Waals surface area contributed by atoms with Gasteiger partial charge in [0.05, 0.1) is 25.5 Å². The molecular weight excluding hydrogens is 471 g/mol. The molecule has 3 aromatic carbocycles. The molecule has 1 amide bonds. The molecule has 0 aliphatic heterocycles. The van der Waals surface area contributed by atoms with E-state index in [0.29, 0.717) is 34.8 Å². The first-order valence-corrected chi connectivity index (χ1v) is 11.2. The summed E-state index contributed by atoms with van der Waals surface area (Å²) in [6, 6.07) is 15.7. The zero-order chi connectivity index (χ0) is 25.9. The Hall–Kier alpha value is -4.20. The van der Waals surface area contributed by atoms with E-state index in [2.05, 4.69) is 5.32 Å². The molecule has 1 heterocycles. The van der Waals surface area contributed by atoms with Crippen LogP contribution in [0, 0.1) is 0 Å². The van der Waals surface area contributed by atoms with E-state index in [-0.39, 0.29) is 5.69 Å². The Morgan fingerprint density at radius 2 is 1.81 bits per heavy atom. The van der Waals surface area contributed by atoms with Gasteiger partial charge in [-0.3, -0.25) is 4.79 Å². The van der Waals surface area contributed by atoms with Crippen molar-refractivity contribution in [2.75, 3.05) is 19.0 Å². The second-order valence-corrected chi connectivity index (χ2v) is 8.02. The molecule has 0 saturated heterocycles. The van der Waals surface area contributed by atoms with E-state index in [0.717, 1.165) is 28.6 Å². The quantitative estimate of drug-likeness (QED) is 0.269. The summed E-state index contributed by atoms with van der Waals surface area (Å²) in [4.78, 5) is 12.7. The smallest absolute Gasteiger partial charge is 0.416 e. The lowest BCUT2D eigenvalue weighted by Gasteiger charge is -2.12. The summed E-state index contributed by atoms with van der Waals surface area (Å²) in [6.45, 7) is 3.97. The lowest BCUT2D eigenvalue weighted by Crippen LogP contribution is -2.11. The highest BCUT2D eigenvalue weighted by molar-refractivity contribution is 6.05. The van der Waals surface area contributed by atoms with Crippen molar-refractivity contribution in [3.05, 3.63) is 84.1 Å². The van der Waals surface area contributed by atoms with Gasteiger partial charge in [0.2, 0.25) is 5.91 Å². The van der Waals surface area contributed by atoms with Crippen LogP contribution in [-0.2, 0) is 11.0 Å². The van der Waals surface area contributed by atoms with Gasteiger partial charge in [0, 0.05) is 39.9 Å². The number of ether oxygens (including phenoxy) is 2. The van der Waals surface area contributed by atoms with E-state index < -0.39 is 17.6 Å². The van der Waals surface area contributed by atoms with Crippen LogP contribution in [0.5, 0.6) is 11.5 Å². The number of amides is 1. The van der Waals surface area contributed by atoms with Gasteiger partial charge in [0.15, 0.2) is 0 Å². The van der Waals surface area contributed by atoms with E-state index in [4.69, 9.17) is 13.9 Å². The van der Waals surface area contributed by atoms with Gasteiger partial charge in [0.1, 0.15) is 17.1 Å². The molecule has 0 aliphatic carbocycles. The van der Waals surface area contributed by atoms with E-state index >= 15 is 0 Å². The number of fused-ring (bicyclic) bond motifs is 1. The van der Waals surface area contributed by atoms with Gasteiger partial charge in [-0.25, -0.2) is 0 Å². The van der Waals surface area contributed by atoms with Crippen LogP contribution in [0.1, 0.15) is 25.0 Å². The van der Waals surface area contributed by atoms with Crippen molar-refractivity contribution < 1.29 is 31.9 Å². The fourth-order valence-electron chi connectivity index (χ4n) is 3.94. The second kappa shape index (κ2) is 10.2. The molecule has 0 atom stereocenters. The molecule has 0 aliphatic rings. The Labute approximate surface area is 206 Å². The van der Waals surface area contributed by atoms with Crippen LogP contribution in [-0.4, -0.2) is 19.6 Å². The summed E-state index contributed by atoms with van der Waals surface area (Å²) in [5.74, 6) is 0.640. The van der Waals surface area contributed by atoms with Crippen molar-refractivity contribution in [2.45, 2.75) is 20.0 Å². The Morgan fingerprint density at radius 3 is 2.53 bits per heavy atom. The third-order valence-electron chi connectivity index (χ3n) is 5.60. The summed E-state index contributed by atoms with van der Waals surface area (Å²) in [5, 5.41) is 3.30. The molecule has 1 aromatic heterocycles. The number of hydrogen-bond acceptors (Lipinski definition) is 4. The van der Waals surface area contributed by atoms with Crippen LogP contribution >= 0.6 is 0 Å². The molecule has 0 spiro atoms. The first-order chi connectivity index (χ1) is 17.2. The molecule has 186 valence electrons. The lowest BCUT2D eigenvalue weighted by molar-refractivity contribution is -0.137. The molecular formula is C28H24F3NO4. The predicted molar refractivity (Wildman–Crippen MR) is 133 cm³/mol. The summed E-state index contributed by atoms with van der Waals surface area (Å²) in [5.41, 5.74) is 2.69. The maximum Gasteiger partial charge on any atom is 0.416 e. The molecule has 0 saturated carbocycles. The summed E-state index contributed by atoms with van der Waals surface area (Å²) in [6.07, 6.45) is -1.54. The number of para-hydroxylation sites is 1. The van der Waals surface area contributed by atoms with Crippen LogP contribution in [0.3, 0.4) is 0 Å². The Kier molecular flexibility index (Phi) is 7.05. The standard InChI is InChI=1S/C28H24F3NO4/c1-4-35-25-15-26-22(23(16-36-26)20-10-5-6-11-24(20)34-3)14-21(25)17(2)12-27(33)32-19-9-7-8-18(13-19)28(29,30)31/h5-16H,4H2,1-3H3,(H,32,33)/b17-12+. The zero-order valence-electron chi connectivity index (χ0n) is 19.9. The third-order valence-corrected chi connectivity index (χ3v) is 5.60. The number of halogens is 3. The molecule has 8 heteroatoms. The molecule has 1 N–H and O–H groups in total. The van der Waals surface area contributed by atoms with Gasteiger partial charge < -0.3 is 19.2 Å². The number of methoxy groups -OCH3 is 1. The number of anilines is 1. The van der Waals surface area contributed by atoms with E-state index in [9.17, 15) is 18.0 Å². The third kappa shape index (κ3) is 5.22. The number of carbonyl (C=O) groups excluding carboxylic acids is 1. The van der Waals surface area contributed by atoms with Crippen molar-refractivity contribution in [3.63, 3.8) is 0 Å². The molecule has 4 rings (SSSR count). The highest BCUT2D eigenvalue weighted by Crippen LogP contribution is 2.40. The summed E-state index contributed by atoms with van der Waals surface area (Å²) < 4.78 is 56.1. The van der Waals surface area contributed by atoms with Crippen LogP contribution in [0.2, 0.25) is 0 Å². The summed E-state index contributed by atoms with van der Waals surface area (Å²) >= 11 is 0. The Balaban J connectivity index is 1.71. The van der Waals surface area contributed by atoms with Crippen molar-refractivity contribution >= 4 is 28.1 Å². The molecule has 0 bridgehead atoms. The number of allylic oxidation sites excluding steroid dienone is 1. The largest absolute Gasteiger partial charge is 0.496 e. The number of furan rings is 1. The maximum absolute atomic E-state index is 13.0. The minimum atomic E-state index is -4.50. The lowest BCUT2D eigenvalue weighted by atomic mass is 9.98. The minimum absolute atomic E-state index is 0.0488. The number of alkyl halides is 3.